The largest absolute Gasteiger partial charge is 0.496 e. The molecule has 9 rings (SSSR count). The summed E-state index contributed by atoms with van der Waals surface area (Å²) in [6.07, 6.45) is 4.55. The van der Waals surface area contributed by atoms with E-state index in [1.807, 2.05) is 41.0 Å². The molecule has 2 unspecified atom stereocenters. The lowest BCUT2D eigenvalue weighted by molar-refractivity contribution is -0.228. The third-order valence-electron chi connectivity index (χ3n) is 15.5. The molecule has 10 atom stereocenters. The Balaban J connectivity index is 1.36. The van der Waals surface area contributed by atoms with Gasteiger partial charge in [-0.25, -0.2) is 13.6 Å². The van der Waals surface area contributed by atoms with E-state index in [1.54, 1.807) is 25.2 Å². The van der Waals surface area contributed by atoms with Gasteiger partial charge in [-0.1, -0.05) is 19.1 Å². The highest BCUT2D eigenvalue weighted by atomic mass is 19.3. The zero-order chi connectivity index (χ0) is 43.6. The number of esters is 3. The van der Waals surface area contributed by atoms with Gasteiger partial charge in [0, 0.05) is 102 Å². The number of alkyl halides is 2. The summed E-state index contributed by atoms with van der Waals surface area (Å²) in [6, 6.07) is 7.63. The van der Waals surface area contributed by atoms with Crippen molar-refractivity contribution in [3.05, 3.63) is 70.4 Å². The van der Waals surface area contributed by atoms with Gasteiger partial charge in [0.1, 0.15) is 17.5 Å². The number of piperidine rings is 1. The average molecular weight is 845 g/mol. The van der Waals surface area contributed by atoms with Crippen LogP contribution in [-0.4, -0.2) is 128 Å². The number of methoxy groups -OCH3 is 3. The van der Waals surface area contributed by atoms with Crippen molar-refractivity contribution in [1.82, 2.24) is 14.8 Å². The highest BCUT2D eigenvalue weighted by Crippen LogP contribution is 2.68. The van der Waals surface area contributed by atoms with E-state index in [0.717, 1.165) is 18.8 Å². The van der Waals surface area contributed by atoms with Crippen LogP contribution in [0.25, 0.3) is 10.9 Å². The SMILES string of the molecule is CC[C@]12C=CCN3CC[C@@]4(c5cc([C@@]6(C(=O)OC)C[C@H]7CC(C(C)(F)F)CN(Cc8c6[nH]c6ccc(C=O)cc86)C7)c(OC)cc5N(C)[C@H]4[C@@](O)(C(=O)OC)[C@@H]1OC(C)=O)[C@@H]32. The second-order valence-corrected chi connectivity index (χ2v) is 18.4. The first-order chi connectivity index (χ1) is 29.0. The maximum Gasteiger partial charge on any atom is 0.344 e. The van der Waals surface area contributed by atoms with Crippen molar-refractivity contribution >= 4 is 40.8 Å². The van der Waals surface area contributed by atoms with Gasteiger partial charge in [0.05, 0.1) is 27.4 Å². The van der Waals surface area contributed by atoms with Gasteiger partial charge in [0.15, 0.2) is 6.10 Å². The topological polar surface area (TPSA) is 151 Å². The monoisotopic (exact) mass is 844 g/mol. The molecule has 13 nitrogen and oxygen atoms in total. The van der Waals surface area contributed by atoms with Gasteiger partial charge in [-0.2, -0.15) is 0 Å². The van der Waals surface area contributed by atoms with E-state index in [-0.39, 0.29) is 31.8 Å². The van der Waals surface area contributed by atoms with E-state index in [9.17, 15) is 19.5 Å². The van der Waals surface area contributed by atoms with Crippen LogP contribution in [0.4, 0.5) is 14.5 Å². The molecule has 1 spiro atoms. The number of fused-ring (bicyclic) bond motifs is 6. The lowest BCUT2D eigenvalue weighted by Crippen LogP contribution is -2.81. The van der Waals surface area contributed by atoms with Crippen LogP contribution in [0.2, 0.25) is 0 Å². The van der Waals surface area contributed by atoms with Gasteiger partial charge in [0.25, 0.3) is 0 Å². The predicted octanol–water partition coefficient (Wildman–Crippen LogP) is 4.89. The Bertz CT molecular complexity index is 2380. The van der Waals surface area contributed by atoms with Crippen LogP contribution in [0.3, 0.4) is 0 Å². The van der Waals surface area contributed by atoms with Crippen molar-refractivity contribution in [1.29, 1.82) is 0 Å². The molecule has 1 saturated carbocycles. The fourth-order valence-electron chi connectivity index (χ4n) is 13.4. The van der Waals surface area contributed by atoms with E-state index >= 15 is 13.6 Å². The summed E-state index contributed by atoms with van der Waals surface area (Å²) in [7, 11) is 5.83. The number of H-pyrrole nitrogens is 1. The molecule has 3 fully saturated rings. The summed E-state index contributed by atoms with van der Waals surface area (Å²) in [5, 5.41) is 14.0. The summed E-state index contributed by atoms with van der Waals surface area (Å²) in [4.78, 5) is 64.5. The van der Waals surface area contributed by atoms with Gasteiger partial charge >= 0.3 is 17.9 Å². The number of carbonyl (C=O) groups excluding carboxylic acids is 4. The van der Waals surface area contributed by atoms with E-state index in [1.165, 1.54) is 28.3 Å². The molecule has 15 heteroatoms. The molecule has 6 aliphatic rings. The Morgan fingerprint density at radius 3 is 2.46 bits per heavy atom. The number of aliphatic hydroxyl groups is 1. The van der Waals surface area contributed by atoms with E-state index in [0.29, 0.717) is 77.2 Å². The lowest BCUT2D eigenvalue weighted by Gasteiger charge is -2.63. The molecular formula is C46H54F2N4O9. The van der Waals surface area contributed by atoms with Crippen LogP contribution in [0.1, 0.15) is 79.2 Å². The van der Waals surface area contributed by atoms with Gasteiger partial charge in [-0.15, -0.1) is 0 Å². The number of ether oxygens (including phenoxy) is 4. The number of aldehydes is 1. The molecule has 2 N–H and O–H groups in total. The molecule has 0 radical (unpaired) electrons. The van der Waals surface area contributed by atoms with Crippen LogP contribution in [-0.2, 0) is 46.0 Å². The molecule has 5 aliphatic heterocycles. The van der Waals surface area contributed by atoms with Crippen molar-refractivity contribution in [2.45, 2.75) is 93.5 Å². The smallest absolute Gasteiger partial charge is 0.344 e. The number of carbonyl (C=O) groups is 4. The summed E-state index contributed by atoms with van der Waals surface area (Å²) < 4.78 is 54.4. The number of nitrogens with one attached hydrogen (secondary N) is 1. The van der Waals surface area contributed by atoms with E-state index in [4.69, 9.17) is 18.9 Å². The molecule has 2 saturated heterocycles. The zero-order valence-electron chi connectivity index (χ0n) is 35.7. The maximum absolute atomic E-state index is 15.4. The molecule has 326 valence electrons. The second-order valence-electron chi connectivity index (χ2n) is 18.4. The van der Waals surface area contributed by atoms with Crippen LogP contribution >= 0.6 is 0 Å². The maximum atomic E-state index is 15.4. The molecule has 0 amide bonds. The van der Waals surface area contributed by atoms with Crippen LogP contribution in [0, 0.1) is 17.3 Å². The Morgan fingerprint density at radius 2 is 1.80 bits per heavy atom. The first-order valence-electron chi connectivity index (χ1n) is 21.1. The molecular weight excluding hydrogens is 791 g/mol. The first-order valence-corrected chi connectivity index (χ1v) is 21.1. The standard InChI is InChI=1S/C46H54F2N4O9/c1-8-43-12-9-14-52-15-13-44(37(43)52)31-18-32(35(58-5)19-34(31)50(4)38(44)46(57,41(56)60-7)39(43)61-25(2)54)45(40(55)59-6)20-27-16-28(42(3,47)48)22-51(21-27)23-30-29-17-26(24-53)10-11-33(29)49-36(30)45/h9-12,17-19,24,27-28,37-39,49,57H,8,13-16,20-23H2,1-7H3/t27-,28?,37+,38-,39-,43-,44-,45+,46+/m1/s1. The van der Waals surface area contributed by atoms with Gasteiger partial charge in [-0.05, 0) is 80.5 Å². The second kappa shape index (κ2) is 14.1. The molecule has 61 heavy (non-hydrogen) atoms. The van der Waals surface area contributed by atoms with Crippen molar-refractivity contribution in [2.75, 3.05) is 59.5 Å². The minimum absolute atomic E-state index is 0.0857. The minimum atomic E-state index is -2.99. The molecule has 2 aromatic carbocycles. The molecule has 2 bridgehead atoms. The Kier molecular flexibility index (Phi) is 9.58. The number of rotatable bonds is 8. The first kappa shape index (κ1) is 41.5. The summed E-state index contributed by atoms with van der Waals surface area (Å²) in [5.41, 5.74) is -1.95. The number of hydrogen-bond donors (Lipinski definition) is 2. The Labute approximate surface area is 353 Å². The quantitative estimate of drug-likeness (QED) is 0.138. The predicted molar refractivity (Wildman–Crippen MR) is 220 cm³/mol. The molecule has 6 heterocycles. The average Bonchev–Trinajstić information content (AvgIpc) is 3.89. The highest BCUT2D eigenvalue weighted by molar-refractivity contribution is 5.96. The van der Waals surface area contributed by atoms with Crippen LogP contribution in [0.5, 0.6) is 5.75 Å². The number of halogens is 2. The van der Waals surface area contributed by atoms with Gasteiger partial charge in [-0.3, -0.25) is 24.2 Å². The third kappa shape index (κ3) is 5.44. The number of aromatic amines is 1. The number of nitrogens with zero attached hydrogens (tertiary/aromatic N) is 3. The zero-order valence-corrected chi connectivity index (χ0v) is 35.7. The number of hydrogen-bond acceptors (Lipinski definition) is 12. The third-order valence-corrected chi connectivity index (χ3v) is 15.5. The van der Waals surface area contributed by atoms with Crippen molar-refractivity contribution in [3.63, 3.8) is 0 Å². The highest BCUT2D eigenvalue weighted by Gasteiger charge is 2.80. The Morgan fingerprint density at radius 1 is 1.05 bits per heavy atom. The fourth-order valence-corrected chi connectivity index (χ4v) is 13.4. The van der Waals surface area contributed by atoms with Crippen molar-refractivity contribution in [3.8, 4) is 5.75 Å². The van der Waals surface area contributed by atoms with Crippen molar-refractivity contribution < 1.29 is 52.0 Å². The summed E-state index contributed by atoms with van der Waals surface area (Å²) in [5.74, 6) is -6.25. The van der Waals surface area contributed by atoms with E-state index in [2.05, 4.69) is 9.88 Å². The number of anilines is 1. The summed E-state index contributed by atoms with van der Waals surface area (Å²) >= 11 is 0. The van der Waals surface area contributed by atoms with Crippen LogP contribution < -0.4 is 9.64 Å². The lowest BCUT2D eigenvalue weighted by atomic mass is 9.47. The molecule has 3 aromatic rings. The molecule has 1 aromatic heterocycles. The van der Waals surface area contributed by atoms with Crippen molar-refractivity contribution in [2.24, 2.45) is 17.3 Å². The number of benzene rings is 2. The molecule has 1 aliphatic carbocycles. The number of likely N-dealkylation sites (N-methyl/N-ethyl adjacent to an activating group) is 1. The minimum Gasteiger partial charge on any atom is -0.496 e. The van der Waals surface area contributed by atoms with Gasteiger partial charge in [0.2, 0.25) is 11.5 Å². The number of aromatic nitrogens is 1. The Hall–Kier alpha value is -4.86. The van der Waals surface area contributed by atoms with Gasteiger partial charge < -0.3 is 33.9 Å². The van der Waals surface area contributed by atoms with Crippen LogP contribution in [0.15, 0.2) is 42.5 Å². The summed E-state index contributed by atoms with van der Waals surface area (Å²) in [6.45, 7) is 6.18. The fraction of sp³-hybridized carbons (Fsp3) is 0.565. The normalized spacial score (nSPS) is 35.0. The van der Waals surface area contributed by atoms with E-state index < -0.39 is 69.8 Å².